The molecule has 0 aromatic heterocycles. The Morgan fingerprint density at radius 3 is 2.33 bits per heavy atom. The summed E-state index contributed by atoms with van der Waals surface area (Å²) in [7, 11) is 0. The summed E-state index contributed by atoms with van der Waals surface area (Å²) >= 11 is 0. The van der Waals surface area contributed by atoms with Crippen molar-refractivity contribution in [2.24, 2.45) is 57.2 Å². The van der Waals surface area contributed by atoms with Crippen molar-refractivity contribution in [1.29, 1.82) is 0 Å². The average Bonchev–Trinajstić information content (AvgIpc) is 3.52. The molecule has 52 heavy (non-hydrogen) atoms. The molecule has 5 aliphatic carbocycles. The molecular formula is C44H58N2O6. The molecule has 0 heterocycles. The van der Waals surface area contributed by atoms with Crippen molar-refractivity contribution in [2.75, 3.05) is 5.32 Å². The number of nitrogens with one attached hydrogen (secondary N) is 2. The summed E-state index contributed by atoms with van der Waals surface area (Å²) in [6.45, 7) is 16.7. The number of allylic oxidation sites excluding steroid dienone is 1. The van der Waals surface area contributed by atoms with Gasteiger partial charge in [-0.1, -0.05) is 52.0 Å². The van der Waals surface area contributed by atoms with Crippen molar-refractivity contribution >= 4 is 23.5 Å². The number of carbonyl (C=O) groups is 3. The van der Waals surface area contributed by atoms with Crippen molar-refractivity contribution in [3.63, 3.8) is 0 Å². The van der Waals surface area contributed by atoms with E-state index in [0.717, 1.165) is 50.5 Å². The van der Waals surface area contributed by atoms with Crippen LogP contribution in [-0.4, -0.2) is 39.2 Å². The highest BCUT2D eigenvalue weighted by molar-refractivity contribution is 6.05. The lowest BCUT2D eigenvalue weighted by Gasteiger charge is -2.69. The number of aliphatic hydroxyl groups excluding tert-OH is 1. The second kappa shape index (κ2) is 13.0. The number of aromatic carboxylic acids is 1. The number of carboxylic acid groups (broad SMARTS) is 1. The first-order valence-corrected chi connectivity index (χ1v) is 19.6. The minimum absolute atomic E-state index is 0.0659. The van der Waals surface area contributed by atoms with E-state index in [0.29, 0.717) is 41.7 Å². The number of hydrogen-bond donors (Lipinski definition) is 5. The fraction of sp³-hybridized carbons (Fsp3) is 0.614. The van der Waals surface area contributed by atoms with Crippen LogP contribution in [0.5, 0.6) is 5.75 Å². The number of carbonyl (C=O) groups excluding carboxylic acids is 2. The van der Waals surface area contributed by atoms with E-state index in [1.54, 1.807) is 18.2 Å². The molecule has 0 radical (unpaired) electrons. The van der Waals surface area contributed by atoms with Crippen LogP contribution in [0, 0.1) is 57.2 Å². The molecule has 0 spiro atoms. The van der Waals surface area contributed by atoms with E-state index < -0.39 is 17.3 Å². The molecular weight excluding hydrogens is 652 g/mol. The Balaban J connectivity index is 1.08. The van der Waals surface area contributed by atoms with E-state index in [1.165, 1.54) is 43.0 Å². The molecule has 5 saturated carbocycles. The summed E-state index contributed by atoms with van der Waals surface area (Å²) in [5.74, 6) is 0.909. The molecule has 2 aromatic rings. The van der Waals surface area contributed by atoms with Crippen LogP contribution in [0.15, 0.2) is 54.6 Å². The molecule has 2 amide bonds. The number of anilines is 1. The molecule has 7 rings (SSSR count). The maximum Gasteiger partial charge on any atom is 0.339 e. The Morgan fingerprint density at radius 2 is 1.60 bits per heavy atom. The maximum absolute atomic E-state index is 14.6. The lowest BCUT2D eigenvalue weighted by atomic mass is 9.36. The van der Waals surface area contributed by atoms with Gasteiger partial charge in [0.05, 0.1) is 11.5 Å². The van der Waals surface area contributed by atoms with Gasteiger partial charge in [0.15, 0.2) is 0 Å². The maximum atomic E-state index is 14.6. The van der Waals surface area contributed by atoms with E-state index in [-0.39, 0.29) is 51.2 Å². The first-order chi connectivity index (χ1) is 24.5. The lowest BCUT2D eigenvalue weighted by molar-refractivity contribution is -0.216. The summed E-state index contributed by atoms with van der Waals surface area (Å²) in [4.78, 5) is 39.2. The number of aliphatic hydroxyl groups is 1. The normalized spacial score (nSPS) is 37.4. The molecule has 2 aromatic carbocycles. The Labute approximate surface area is 308 Å². The van der Waals surface area contributed by atoms with Crippen LogP contribution in [0.2, 0.25) is 0 Å². The molecule has 10 atom stereocenters. The number of amides is 2. The molecule has 8 heteroatoms. The fourth-order valence-electron chi connectivity index (χ4n) is 13.4. The van der Waals surface area contributed by atoms with Crippen molar-refractivity contribution in [3.8, 4) is 5.75 Å². The lowest BCUT2D eigenvalue weighted by Crippen LogP contribution is -2.64. The van der Waals surface area contributed by atoms with Gasteiger partial charge in [-0.05, 0) is 159 Å². The molecule has 0 aliphatic heterocycles. The minimum atomic E-state index is -1.29. The van der Waals surface area contributed by atoms with Gasteiger partial charge in [-0.2, -0.15) is 0 Å². The van der Waals surface area contributed by atoms with Crippen molar-refractivity contribution in [2.45, 2.75) is 111 Å². The van der Waals surface area contributed by atoms with Crippen LogP contribution in [0.25, 0.3) is 0 Å². The predicted molar refractivity (Wildman–Crippen MR) is 202 cm³/mol. The minimum Gasteiger partial charge on any atom is -0.507 e. The number of benzene rings is 2. The third kappa shape index (κ3) is 5.70. The number of hydrogen-bond acceptors (Lipinski definition) is 5. The number of carboxylic acids is 1. The number of phenols is 1. The Morgan fingerprint density at radius 1 is 0.865 bits per heavy atom. The van der Waals surface area contributed by atoms with E-state index in [4.69, 9.17) is 0 Å². The Kier molecular flexibility index (Phi) is 9.20. The topological polar surface area (TPSA) is 136 Å². The molecule has 280 valence electrons. The highest BCUT2D eigenvalue weighted by atomic mass is 16.4. The molecule has 8 nitrogen and oxygen atoms in total. The highest BCUT2D eigenvalue weighted by Gasteiger charge is 2.68. The van der Waals surface area contributed by atoms with Crippen molar-refractivity contribution in [1.82, 2.24) is 5.32 Å². The van der Waals surface area contributed by atoms with E-state index >= 15 is 0 Å². The summed E-state index contributed by atoms with van der Waals surface area (Å²) in [5, 5.41) is 36.3. The summed E-state index contributed by atoms with van der Waals surface area (Å²) in [6.07, 6.45) is 10.4. The number of rotatable bonds is 7. The highest BCUT2D eigenvalue weighted by Crippen LogP contribution is 2.73. The third-order valence-corrected chi connectivity index (χ3v) is 15.8. The van der Waals surface area contributed by atoms with E-state index in [2.05, 4.69) is 51.8 Å². The van der Waals surface area contributed by atoms with Crippen LogP contribution in [0.4, 0.5) is 5.69 Å². The van der Waals surface area contributed by atoms with Gasteiger partial charge in [0, 0.05) is 17.8 Å². The smallest absolute Gasteiger partial charge is 0.339 e. The quantitative estimate of drug-likeness (QED) is 0.144. The first-order valence-electron chi connectivity index (χ1n) is 19.6. The van der Waals surface area contributed by atoms with Gasteiger partial charge in [0.25, 0.3) is 5.91 Å². The van der Waals surface area contributed by atoms with Crippen molar-refractivity contribution in [3.05, 3.63) is 71.3 Å². The molecule has 5 aliphatic rings. The van der Waals surface area contributed by atoms with E-state index in [1.807, 2.05) is 6.07 Å². The van der Waals surface area contributed by atoms with Gasteiger partial charge < -0.3 is 26.0 Å². The Hall–Kier alpha value is -3.65. The third-order valence-electron chi connectivity index (χ3n) is 15.8. The summed E-state index contributed by atoms with van der Waals surface area (Å²) in [5.41, 5.74) is 2.34. The van der Waals surface area contributed by atoms with Crippen LogP contribution >= 0.6 is 0 Å². The van der Waals surface area contributed by atoms with Crippen LogP contribution in [0.1, 0.15) is 125 Å². The Bertz CT molecular complexity index is 1790. The molecule has 5 N–H and O–H groups in total. The van der Waals surface area contributed by atoms with E-state index in [9.17, 15) is 29.7 Å². The zero-order valence-electron chi connectivity index (χ0n) is 31.6. The summed E-state index contributed by atoms with van der Waals surface area (Å²) < 4.78 is 0. The first kappa shape index (κ1) is 36.7. The average molecular weight is 711 g/mol. The van der Waals surface area contributed by atoms with Crippen LogP contribution in [-0.2, 0) is 11.3 Å². The van der Waals surface area contributed by atoms with Gasteiger partial charge >= 0.3 is 5.97 Å². The molecule has 10 unspecified atom stereocenters. The SMILES string of the molecule is C=C(C)C1CCC2(C(=O)NCc3cccc(C(=O)Nc4ccc(O)c(C(=O)O)c4)c3)CCC3C(CCC4C3(C)CCC3C(C)(C)C(O)CCC34C)C12. The van der Waals surface area contributed by atoms with Gasteiger partial charge in [0.1, 0.15) is 11.3 Å². The second-order valence-corrected chi connectivity index (χ2v) is 18.5. The monoisotopic (exact) mass is 710 g/mol. The summed E-state index contributed by atoms with van der Waals surface area (Å²) in [6, 6.07) is 11.1. The number of aromatic hydroxyl groups is 1. The predicted octanol–water partition coefficient (Wildman–Crippen LogP) is 8.59. The largest absolute Gasteiger partial charge is 0.507 e. The van der Waals surface area contributed by atoms with Crippen molar-refractivity contribution < 1.29 is 29.7 Å². The zero-order chi connectivity index (χ0) is 37.4. The molecule has 0 bridgehead atoms. The van der Waals surface area contributed by atoms with Crippen LogP contribution < -0.4 is 10.6 Å². The van der Waals surface area contributed by atoms with Crippen LogP contribution in [0.3, 0.4) is 0 Å². The van der Waals surface area contributed by atoms with Gasteiger partial charge in [-0.15, -0.1) is 0 Å². The van der Waals surface area contributed by atoms with Gasteiger partial charge in [-0.25, -0.2) is 4.79 Å². The standard InChI is InChI=1S/C44H58N2O6/c1-25(2)29-14-20-44(40(52)45-24-26-8-7-9-27(22-26)38(49)46-28-10-12-33(47)31(23-28)39(50)51)21-15-32-30(37(29)44)11-13-35-42(32,5)18-16-34-41(3,4)36(48)17-19-43(34,35)6/h7-10,12,22-23,29-30,32,34-37,47-48H,1,11,13-21,24H2,2-6H3,(H,45,52)(H,46,49)(H,50,51). The second-order valence-electron chi connectivity index (χ2n) is 18.5. The fourth-order valence-corrected chi connectivity index (χ4v) is 13.4. The molecule has 0 saturated heterocycles. The van der Waals surface area contributed by atoms with Gasteiger partial charge in [-0.3, -0.25) is 9.59 Å². The zero-order valence-corrected chi connectivity index (χ0v) is 31.6. The number of fused-ring (bicyclic) bond motifs is 7. The molecule has 5 fully saturated rings. The van der Waals surface area contributed by atoms with Gasteiger partial charge in [0.2, 0.25) is 5.91 Å².